The number of hydrogen-bond donors (Lipinski definition) is 0. The van der Waals surface area contributed by atoms with E-state index < -0.39 is 0 Å². The molecule has 0 fully saturated rings. The van der Waals surface area contributed by atoms with Crippen LogP contribution in [-0.2, 0) is 0 Å². The zero-order chi connectivity index (χ0) is 8.43. The third-order valence-corrected chi connectivity index (χ3v) is 2.14. The van der Waals surface area contributed by atoms with Crippen molar-refractivity contribution < 1.29 is 4.74 Å². The van der Waals surface area contributed by atoms with Crippen LogP contribution < -0.4 is 8.97 Å². The summed E-state index contributed by atoms with van der Waals surface area (Å²) in [6, 6.07) is 4.12. The Morgan fingerprint density at radius 1 is 1.18 bits per heavy atom. The molecular formula is C9H11LiO. The molecule has 0 aliphatic carbocycles. The molecule has 1 aromatic carbocycles. The summed E-state index contributed by atoms with van der Waals surface area (Å²) in [5.41, 5.74) is 2.59. The van der Waals surface area contributed by atoms with Crippen LogP contribution in [0.5, 0.6) is 5.75 Å². The molecule has 0 radical (unpaired) electrons. The molecule has 54 valence electrons. The Labute approximate surface area is 77.0 Å². The molecule has 2 heteroatoms. The summed E-state index contributed by atoms with van der Waals surface area (Å²) in [5.74, 6) is 0.950. The summed E-state index contributed by atoms with van der Waals surface area (Å²) in [6.45, 7) is 4.20. The van der Waals surface area contributed by atoms with Gasteiger partial charge in [-0.05, 0) is 0 Å². The topological polar surface area (TPSA) is 9.23 Å². The van der Waals surface area contributed by atoms with Gasteiger partial charge in [0.15, 0.2) is 0 Å². The van der Waals surface area contributed by atoms with Crippen LogP contribution in [0.4, 0.5) is 0 Å². The van der Waals surface area contributed by atoms with E-state index in [9.17, 15) is 0 Å². The van der Waals surface area contributed by atoms with Gasteiger partial charge in [-0.25, -0.2) is 0 Å². The molecule has 1 rings (SSSR count). The average molecular weight is 142 g/mol. The van der Waals surface area contributed by atoms with Gasteiger partial charge in [-0.15, -0.1) is 0 Å². The SMILES string of the molecule is [Li][c]1c(C)cc(OC)cc1C. The first-order chi connectivity index (χ1) is 5.15. The second-order valence-corrected chi connectivity index (χ2v) is 2.89. The monoisotopic (exact) mass is 142 g/mol. The number of hydrogen-bond acceptors (Lipinski definition) is 1. The van der Waals surface area contributed by atoms with Gasteiger partial charge < -0.3 is 0 Å². The Kier molecular flexibility index (Phi) is 2.65. The van der Waals surface area contributed by atoms with Crippen molar-refractivity contribution >= 4 is 22.0 Å². The Balaban J connectivity index is 3.21. The van der Waals surface area contributed by atoms with Crippen molar-refractivity contribution in [2.75, 3.05) is 7.11 Å². The quantitative estimate of drug-likeness (QED) is 0.533. The molecule has 0 N–H and O–H groups in total. The number of benzene rings is 1. The van der Waals surface area contributed by atoms with Crippen LogP contribution in [0, 0.1) is 13.8 Å². The first-order valence-electron chi connectivity index (χ1n) is 3.77. The number of ether oxygens (including phenoxy) is 1. The third-order valence-electron chi connectivity index (χ3n) is 2.14. The molecule has 0 unspecified atom stereocenters. The predicted molar refractivity (Wildman–Crippen MR) is 47.9 cm³/mol. The van der Waals surface area contributed by atoms with Crippen LogP contribution in [-0.4, -0.2) is 24.8 Å². The molecule has 0 atom stereocenters. The van der Waals surface area contributed by atoms with Crippen molar-refractivity contribution in [3.05, 3.63) is 23.3 Å². The molecule has 11 heavy (non-hydrogen) atoms. The molecule has 0 aromatic heterocycles. The van der Waals surface area contributed by atoms with E-state index in [4.69, 9.17) is 4.74 Å². The Morgan fingerprint density at radius 2 is 1.64 bits per heavy atom. The Hall–Kier alpha value is -0.383. The van der Waals surface area contributed by atoms with E-state index in [1.807, 2.05) is 0 Å². The van der Waals surface area contributed by atoms with Crippen molar-refractivity contribution in [2.24, 2.45) is 0 Å². The van der Waals surface area contributed by atoms with Gasteiger partial charge in [-0.3, -0.25) is 0 Å². The standard InChI is InChI=1S/C9H11O.Li/c1-7-4-8(2)6-9(5-7)10-3;/h5-6H,1-3H3;. The molecule has 0 bridgehead atoms. The van der Waals surface area contributed by atoms with Gasteiger partial charge in [-0.1, -0.05) is 0 Å². The summed E-state index contributed by atoms with van der Waals surface area (Å²) in [4.78, 5) is 0. The van der Waals surface area contributed by atoms with Crippen LogP contribution in [0.25, 0.3) is 0 Å². The maximum atomic E-state index is 5.13. The molecule has 1 nitrogen and oxygen atoms in total. The summed E-state index contributed by atoms with van der Waals surface area (Å²) in [6.07, 6.45) is 0. The van der Waals surface area contributed by atoms with E-state index in [1.165, 1.54) is 15.4 Å². The van der Waals surface area contributed by atoms with E-state index in [0.29, 0.717) is 0 Å². The average Bonchev–Trinajstić information content (AvgIpc) is 1.99. The van der Waals surface area contributed by atoms with Crippen LogP contribution in [0.1, 0.15) is 11.1 Å². The summed E-state index contributed by atoms with van der Waals surface area (Å²) >= 11 is 2.13. The van der Waals surface area contributed by atoms with Gasteiger partial charge in [0, 0.05) is 0 Å². The van der Waals surface area contributed by atoms with E-state index in [-0.39, 0.29) is 0 Å². The van der Waals surface area contributed by atoms with Crippen molar-refractivity contribution in [1.29, 1.82) is 0 Å². The minimum absolute atomic E-state index is 0.950. The van der Waals surface area contributed by atoms with Crippen LogP contribution >= 0.6 is 0 Å². The fourth-order valence-electron chi connectivity index (χ4n) is 1.11. The second-order valence-electron chi connectivity index (χ2n) is 2.89. The predicted octanol–water partition coefficient (Wildman–Crippen LogP) is 1.11. The summed E-state index contributed by atoms with van der Waals surface area (Å²) < 4.78 is 6.48. The molecular weight excluding hydrogens is 131 g/mol. The van der Waals surface area contributed by atoms with E-state index in [1.54, 1.807) is 7.11 Å². The Morgan fingerprint density at radius 3 is 2.00 bits per heavy atom. The number of methoxy groups -OCH3 is 1. The molecule has 1 aromatic rings. The maximum absolute atomic E-state index is 5.13. The molecule has 0 aliphatic rings. The van der Waals surface area contributed by atoms with E-state index >= 15 is 0 Å². The zero-order valence-electron chi connectivity index (χ0n) is 7.56. The van der Waals surface area contributed by atoms with Crippen LogP contribution in [0.3, 0.4) is 0 Å². The normalized spacial score (nSPS) is 9.91. The summed E-state index contributed by atoms with van der Waals surface area (Å²) in [7, 11) is 1.70. The summed E-state index contributed by atoms with van der Waals surface area (Å²) in [5, 5.41) is 0. The van der Waals surface area contributed by atoms with E-state index in [0.717, 1.165) is 5.75 Å². The van der Waals surface area contributed by atoms with Crippen molar-refractivity contribution in [3.8, 4) is 5.75 Å². The minimum atomic E-state index is 0.950. The first-order valence-corrected chi connectivity index (χ1v) is 3.77. The first kappa shape index (κ1) is 8.71. The van der Waals surface area contributed by atoms with E-state index in [2.05, 4.69) is 43.7 Å². The molecule has 0 aliphatic heterocycles. The van der Waals surface area contributed by atoms with Crippen molar-refractivity contribution in [1.82, 2.24) is 0 Å². The molecule has 0 saturated heterocycles. The fraction of sp³-hybridized carbons (Fsp3) is 0.333. The van der Waals surface area contributed by atoms with Gasteiger partial charge in [0.2, 0.25) is 0 Å². The molecule has 0 heterocycles. The number of rotatable bonds is 1. The number of aryl methyl sites for hydroxylation is 2. The van der Waals surface area contributed by atoms with Crippen molar-refractivity contribution in [3.63, 3.8) is 0 Å². The molecule has 0 amide bonds. The van der Waals surface area contributed by atoms with Gasteiger partial charge in [0.1, 0.15) is 0 Å². The Bertz CT molecular complexity index is 245. The van der Waals surface area contributed by atoms with Crippen LogP contribution in [0.2, 0.25) is 0 Å². The fourth-order valence-corrected chi connectivity index (χ4v) is 1.11. The van der Waals surface area contributed by atoms with Gasteiger partial charge >= 0.3 is 76.7 Å². The second kappa shape index (κ2) is 3.34. The third kappa shape index (κ3) is 1.80. The van der Waals surface area contributed by atoms with Gasteiger partial charge in [0.05, 0.1) is 0 Å². The molecule has 0 spiro atoms. The van der Waals surface area contributed by atoms with Gasteiger partial charge in [0.25, 0.3) is 0 Å². The van der Waals surface area contributed by atoms with Crippen molar-refractivity contribution in [2.45, 2.75) is 13.8 Å². The van der Waals surface area contributed by atoms with Gasteiger partial charge in [-0.2, -0.15) is 0 Å². The molecule has 0 saturated carbocycles. The zero-order valence-corrected chi connectivity index (χ0v) is 7.56. The van der Waals surface area contributed by atoms with Crippen LogP contribution in [0.15, 0.2) is 12.1 Å².